The molecular weight excluding hydrogens is 248 g/mol. The summed E-state index contributed by atoms with van der Waals surface area (Å²) in [6.07, 6.45) is 1.77. The van der Waals surface area contributed by atoms with Gasteiger partial charge in [-0.3, -0.25) is 19.3 Å². The highest BCUT2D eigenvalue weighted by molar-refractivity contribution is 6.06. The van der Waals surface area contributed by atoms with Crippen molar-refractivity contribution in [1.82, 2.24) is 10.2 Å². The van der Waals surface area contributed by atoms with Crippen LogP contribution in [0.3, 0.4) is 0 Å². The summed E-state index contributed by atoms with van der Waals surface area (Å²) in [5, 5.41) is 12.3. The van der Waals surface area contributed by atoms with Crippen LogP contribution in [0.1, 0.15) is 33.1 Å². The lowest BCUT2D eigenvalue weighted by Crippen LogP contribution is -2.60. The minimum Gasteiger partial charge on any atom is -0.480 e. The molecule has 0 spiro atoms. The Morgan fingerprint density at radius 3 is 2.37 bits per heavy atom. The summed E-state index contributed by atoms with van der Waals surface area (Å²) in [5.74, 6) is -1.57. The molecule has 6 heteroatoms. The van der Waals surface area contributed by atoms with Gasteiger partial charge >= 0.3 is 5.97 Å². The number of carbonyl (C=O) groups excluding carboxylic acids is 2. The topological polar surface area (TPSA) is 86.7 Å². The maximum atomic E-state index is 12.2. The molecule has 1 atom stereocenters. The number of likely N-dealkylation sites (N-methyl/N-ethyl adjacent to an activating group) is 1. The summed E-state index contributed by atoms with van der Waals surface area (Å²) < 4.78 is 0. The summed E-state index contributed by atoms with van der Waals surface area (Å²) in [6, 6.07) is 0. The fraction of sp³-hybridized carbons (Fsp3) is 0.769. The van der Waals surface area contributed by atoms with E-state index in [0.29, 0.717) is 0 Å². The van der Waals surface area contributed by atoms with Crippen molar-refractivity contribution in [3.63, 3.8) is 0 Å². The van der Waals surface area contributed by atoms with E-state index in [1.807, 2.05) is 0 Å². The largest absolute Gasteiger partial charge is 0.480 e. The third-order valence-corrected chi connectivity index (χ3v) is 4.23. The number of amides is 2. The van der Waals surface area contributed by atoms with Crippen molar-refractivity contribution in [2.45, 2.75) is 38.6 Å². The Morgan fingerprint density at radius 2 is 2.05 bits per heavy atom. The number of likely N-dealkylation sites (tertiary alicyclic amines) is 1. The molecule has 1 aliphatic carbocycles. The quantitative estimate of drug-likeness (QED) is 0.697. The molecule has 1 saturated carbocycles. The van der Waals surface area contributed by atoms with Crippen LogP contribution in [0.4, 0.5) is 0 Å². The fourth-order valence-corrected chi connectivity index (χ4v) is 2.77. The molecule has 0 radical (unpaired) electrons. The lowest BCUT2D eigenvalue weighted by molar-refractivity contribution is -0.150. The average molecular weight is 268 g/mol. The maximum Gasteiger partial charge on any atom is 0.326 e. The smallest absolute Gasteiger partial charge is 0.326 e. The van der Waals surface area contributed by atoms with E-state index in [0.717, 1.165) is 17.7 Å². The van der Waals surface area contributed by atoms with Gasteiger partial charge in [-0.2, -0.15) is 0 Å². The summed E-state index contributed by atoms with van der Waals surface area (Å²) >= 11 is 0. The normalized spacial score (nSPS) is 25.5. The summed E-state index contributed by atoms with van der Waals surface area (Å²) in [4.78, 5) is 36.8. The van der Waals surface area contributed by atoms with Gasteiger partial charge in [0.1, 0.15) is 5.54 Å². The molecule has 1 heterocycles. The number of aliphatic carboxylic acids is 1. The number of nitrogens with zero attached hydrogens (tertiary/aromatic N) is 1. The van der Waals surface area contributed by atoms with Crippen molar-refractivity contribution in [1.29, 1.82) is 0 Å². The molecule has 0 bridgehead atoms. The van der Waals surface area contributed by atoms with Gasteiger partial charge in [0.2, 0.25) is 11.8 Å². The molecule has 2 aliphatic rings. The number of carbonyl (C=O) groups is 3. The molecule has 2 N–H and O–H groups in total. The molecular formula is C13H20N2O4. The first-order chi connectivity index (χ1) is 8.74. The van der Waals surface area contributed by atoms with Crippen LogP contribution in [-0.2, 0) is 14.4 Å². The lowest BCUT2D eigenvalue weighted by atomic mass is 9.91. The lowest BCUT2D eigenvalue weighted by Gasteiger charge is -2.33. The van der Waals surface area contributed by atoms with Crippen molar-refractivity contribution in [3.8, 4) is 0 Å². The molecule has 19 heavy (non-hydrogen) atoms. The van der Waals surface area contributed by atoms with E-state index in [9.17, 15) is 19.5 Å². The zero-order valence-corrected chi connectivity index (χ0v) is 11.5. The SMILES string of the molecule is CNC(CN1C(=O)CC(C)(C)C1=O)(C(=O)O)C1CC1. The minimum absolute atomic E-state index is 0.0145. The van der Waals surface area contributed by atoms with Gasteiger partial charge in [0.05, 0.1) is 12.0 Å². The Bertz CT molecular complexity index is 442. The Balaban J connectivity index is 2.25. The Kier molecular flexibility index (Phi) is 3.16. The number of rotatable bonds is 5. The van der Waals surface area contributed by atoms with Crippen LogP contribution in [0.5, 0.6) is 0 Å². The van der Waals surface area contributed by atoms with E-state index >= 15 is 0 Å². The predicted octanol–water partition coefficient (Wildman–Crippen LogP) is 0.224. The van der Waals surface area contributed by atoms with Crippen LogP contribution in [0, 0.1) is 11.3 Å². The van der Waals surface area contributed by atoms with E-state index in [1.165, 1.54) is 0 Å². The van der Waals surface area contributed by atoms with Crippen molar-refractivity contribution < 1.29 is 19.5 Å². The standard InChI is InChI=1S/C13H20N2O4/c1-12(2)6-9(16)15(10(12)17)7-13(14-3,11(18)19)8-4-5-8/h8,14H,4-7H2,1-3H3,(H,18,19). The van der Waals surface area contributed by atoms with Gasteiger partial charge in [-0.05, 0) is 25.8 Å². The Morgan fingerprint density at radius 1 is 1.47 bits per heavy atom. The Hall–Kier alpha value is -1.43. The van der Waals surface area contributed by atoms with Crippen molar-refractivity contribution >= 4 is 17.8 Å². The van der Waals surface area contributed by atoms with Crippen molar-refractivity contribution in [3.05, 3.63) is 0 Å². The predicted molar refractivity (Wildman–Crippen MR) is 67.3 cm³/mol. The zero-order chi connectivity index (χ0) is 14.4. The molecule has 0 aromatic heterocycles. The third-order valence-electron chi connectivity index (χ3n) is 4.23. The van der Waals surface area contributed by atoms with Crippen LogP contribution in [-0.4, -0.2) is 46.9 Å². The minimum atomic E-state index is -1.20. The second-order valence-corrected chi connectivity index (χ2v) is 6.15. The summed E-state index contributed by atoms with van der Waals surface area (Å²) in [6.45, 7) is 3.35. The first kappa shape index (κ1) is 14.0. The highest BCUT2D eigenvalue weighted by Crippen LogP contribution is 2.42. The molecule has 2 fully saturated rings. The van der Waals surface area contributed by atoms with Crippen LogP contribution in [0.2, 0.25) is 0 Å². The first-order valence-corrected chi connectivity index (χ1v) is 6.52. The number of carboxylic acid groups (broad SMARTS) is 1. The molecule has 0 aromatic carbocycles. The highest BCUT2D eigenvalue weighted by Gasteiger charge is 2.55. The summed E-state index contributed by atoms with van der Waals surface area (Å²) in [5.41, 5.74) is -1.93. The number of hydrogen-bond acceptors (Lipinski definition) is 4. The number of nitrogens with one attached hydrogen (secondary N) is 1. The molecule has 1 aliphatic heterocycles. The third kappa shape index (κ3) is 2.14. The number of carboxylic acids is 1. The van der Waals surface area contributed by atoms with Gasteiger partial charge in [-0.25, -0.2) is 0 Å². The van der Waals surface area contributed by atoms with Crippen LogP contribution >= 0.6 is 0 Å². The second kappa shape index (κ2) is 4.30. The molecule has 6 nitrogen and oxygen atoms in total. The van der Waals surface area contributed by atoms with Crippen LogP contribution in [0.25, 0.3) is 0 Å². The van der Waals surface area contributed by atoms with E-state index in [2.05, 4.69) is 5.32 Å². The van der Waals surface area contributed by atoms with Gasteiger partial charge in [-0.15, -0.1) is 0 Å². The van der Waals surface area contributed by atoms with E-state index in [4.69, 9.17) is 0 Å². The van der Waals surface area contributed by atoms with E-state index in [1.54, 1.807) is 20.9 Å². The van der Waals surface area contributed by atoms with E-state index < -0.39 is 16.9 Å². The molecule has 1 saturated heterocycles. The molecule has 0 aromatic rings. The molecule has 2 amide bonds. The number of imide groups is 1. The molecule has 106 valence electrons. The molecule has 2 rings (SSSR count). The van der Waals surface area contributed by atoms with Gasteiger partial charge in [0, 0.05) is 6.42 Å². The van der Waals surface area contributed by atoms with Gasteiger partial charge in [0.15, 0.2) is 0 Å². The first-order valence-electron chi connectivity index (χ1n) is 6.52. The maximum absolute atomic E-state index is 12.2. The van der Waals surface area contributed by atoms with Crippen molar-refractivity contribution in [2.24, 2.45) is 11.3 Å². The molecule has 1 unspecified atom stereocenters. The van der Waals surface area contributed by atoms with Crippen molar-refractivity contribution in [2.75, 3.05) is 13.6 Å². The van der Waals surface area contributed by atoms with Crippen LogP contribution in [0.15, 0.2) is 0 Å². The van der Waals surface area contributed by atoms with Gasteiger partial charge < -0.3 is 10.4 Å². The summed E-state index contributed by atoms with van der Waals surface area (Å²) in [7, 11) is 1.57. The average Bonchev–Trinajstić information content (AvgIpc) is 3.10. The highest BCUT2D eigenvalue weighted by atomic mass is 16.4. The Labute approximate surface area is 112 Å². The van der Waals surface area contributed by atoms with E-state index in [-0.39, 0.29) is 30.7 Å². The zero-order valence-electron chi connectivity index (χ0n) is 11.5. The monoisotopic (exact) mass is 268 g/mol. The van der Waals surface area contributed by atoms with Crippen LogP contribution < -0.4 is 5.32 Å². The number of hydrogen-bond donors (Lipinski definition) is 2. The van der Waals surface area contributed by atoms with Gasteiger partial charge in [0.25, 0.3) is 0 Å². The fourth-order valence-electron chi connectivity index (χ4n) is 2.77. The second-order valence-electron chi connectivity index (χ2n) is 6.15. The van der Waals surface area contributed by atoms with Gasteiger partial charge in [-0.1, -0.05) is 13.8 Å².